The summed E-state index contributed by atoms with van der Waals surface area (Å²) >= 11 is 0. The molecule has 1 spiro atoms. The number of hydrogen-bond acceptors (Lipinski definition) is 1. The number of halogens is 1. The molecule has 102 valence electrons. The quantitative estimate of drug-likeness (QED) is 0.478. The lowest BCUT2D eigenvalue weighted by molar-refractivity contribution is 0.825. The molecule has 3 N–H and O–H groups in total. The molecule has 19 heavy (non-hydrogen) atoms. The molecule has 0 aliphatic heterocycles. The number of nitrogens with zero attached hydrogens (tertiary/aromatic N) is 1. The number of benzene rings is 1. The van der Waals surface area contributed by atoms with Crippen molar-refractivity contribution in [3.05, 3.63) is 29.3 Å². The van der Waals surface area contributed by atoms with Gasteiger partial charge < -0.3 is 11.1 Å². The number of anilines is 1. The molecule has 0 aromatic heterocycles. The molecule has 3 aliphatic carbocycles. The van der Waals surface area contributed by atoms with E-state index in [4.69, 9.17) is 5.73 Å². The lowest BCUT2D eigenvalue weighted by atomic mass is 10.1. The van der Waals surface area contributed by atoms with Gasteiger partial charge in [0, 0.05) is 5.69 Å². The molecule has 2 saturated carbocycles. The molecule has 2 fully saturated rings. The number of fused-ring (bicyclic) bond motifs is 1. The van der Waals surface area contributed by atoms with Gasteiger partial charge in [-0.15, -0.1) is 24.0 Å². The number of rotatable bonds is 2. The van der Waals surface area contributed by atoms with Gasteiger partial charge in [-0.2, -0.15) is 0 Å². The van der Waals surface area contributed by atoms with Gasteiger partial charge in [0.05, 0.1) is 6.04 Å². The van der Waals surface area contributed by atoms with Gasteiger partial charge in [0.25, 0.3) is 0 Å². The van der Waals surface area contributed by atoms with Gasteiger partial charge in [-0.3, -0.25) is 0 Å². The molecule has 1 unspecified atom stereocenters. The lowest BCUT2D eigenvalue weighted by Crippen LogP contribution is -2.23. The highest BCUT2D eigenvalue weighted by molar-refractivity contribution is 14.0. The van der Waals surface area contributed by atoms with Gasteiger partial charge in [-0.25, -0.2) is 4.99 Å². The van der Waals surface area contributed by atoms with Crippen LogP contribution < -0.4 is 11.1 Å². The molecule has 0 radical (unpaired) electrons. The van der Waals surface area contributed by atoms with E-state index >= 15 is 0 Å². The average Bonchev–Trinajstić information content (AvgIpc) is 3.20. The fraction of sp³-hybridized carbons (Fsp3) is 0.533. The van der Waals surface area contributed by atoms with Crippen molar-refractivity contribution in [1.82, 2.24) is 0 Å². The summed E-state index contributed by atoms with van der Waals surface area (Å²) < 4.78 is 0. The van der Waals surface area contributed by atoms with Gasteiger partial charge in [-0.05, 0) is 67.2 Å². The topological polar surface area (TPSA) is 50.4 Å². The van der Waals surface area contributed by atoms with Crippen LogP contribution in [0.25, 0.3) is 0 Å². The molecular formula is C15H20IN3. The molecule has 0 bridgehead atoms. The van der Waals surface area contributed by atoms with E-state index in [-0.39, 0.29) is 24.0 Å². The van der Waals surface area contributed by atoms with Crippen LogP contribution in [-0.4, -0.2) is 12.0 Å². The maximum Gasteiger partial charge on any atom is 0.193 e. The fourth-order valence-corrected chi connectivity index (χ4v) is 3.20. The number of nitrogens with one attached hydrogen (secondary N) is 1. The van der Waals surface area contributed by atoms with Crippen molar-refractivity contribution in [3.63, 3.8) is 0 Å². The minimum atomic E-state index is 0. The van der Waals surface area contributed by atoms with Crippen LogP contribution in [0, 0.1) is 5.41 Å². The molecule has 4 heteroatoms. The van der Waals surface area contributed by atoms with Crippen LogP contribution in [0.15, 0.2) is 23.2 Å². The average molecular weight is 369 g/mol. The van der Waals surface area contributed by atoms with Gasteiger partial charge in [0.1, 0.15) is 0 Å². The fourth-order valence-electron chi connectivity index (χ4n) is 3.20. The third-order valence-corrected chi connectivity index (χ3v) is 4.70. The second kappa shape index (κ2) is 4.65. The first kappa shape index (κ1) is 13.2. The molecule has 0 saturated heterocycles. The molecule has 4 rings (SSSR count). The summed E-state index contributed by atoms with van der Waals surface area (Å²) in [6.45, 7) is 0. The highest BCUT2D eigenvalue weighted by atomic mass is 127. The zero-order chi connectivity index (χ0) is 12.2. The van der Waals surface area contributed by atoms with Crippen LogP contribution in [-0.2, 0) is 12.8 Å². The van der Waals surface area contributed by atoms with E-state index in [0.717, 1.165) is 5.69 Å². The standard InChI is InChI=1S/C15H19N3.HI/c16-14(18-13-9-15(13)6-7-15)17-12-5-4-10-2-1-3-11(10)8-12;/h4-5,8,13H,1-3,6-7,9H2,(H3,16,17,18);1H. The Morgan fingerprint density at radius 1 is 1.26 bits per heavy atom. The lowest BCUT2D eigenvalue weighted by Gasteiger charge is -2.07. The van der Waals surface area contributed by atoms with Crippen molar-refractivity contribution in [3.8, 4) is 0 Å². The predicted octanol–water partition coefficient (Wildman–Crippen LogP) is 3.07. The summed E-state index contributed by atoms with van der Waals surface area (Å²) in [4.78, 5) is 4.58. The maximum atomic E-state index is 5.98. The normalized spacial score (nSPS) is 25.7. The first-order chi connectivity index (χ1) is 8.75. The van der Waals surface area contributed by atoms with Crippen LogP contribution in [0.1, 0.15) is 36.8 Å². The van der Waals surface area contributed by atoms with E-state index in [0.29, 0.717) is 17.4 Å². The van der Waals surface area contributed by atoms with Crippen LogP contribution in [0.3, 0.4) is 0 Å². The Kier molecular flexibility index (Phi) is 3.23. The Bertz CT molecular complexity index is 534. The summed E-state index contributed by atoms with van der Waals surface area (Å²) in [5.74, 6) is 0.585. The van der Waals surface area contributed by atoms with Crippen LogP contribution in [0.5, 0.6) is 0 Å². The summed E-state index contributed by atoms with van der Waals surface area (Å²) in [5.41, 5.74) is 10.6. The minimum absolute atomic E-state index is 0. The first-order valence-corrected chi connectivity index (χ1v) is 6.97. The number of aryl methyl sites for hydroxylation is 2. The molecule has 1 aromatic carbocycles. The predicted molar refractivity (Wildman–Crippen MR) is 89.2 cm³/mol. The Morgan fingerprint density at radius 3 is 2.79 bits per heavy atom. The number of guanidine groups is 1. The molecular weight excluding hydrogens is 349 g/mol. The van der Waals surface area contributed by atoms with Gasteiger partial charge in [0.2, 0.25) is 0 Å². The number of hydrogen-bond donors (Lipinski definition) is 2. The number of nitrogens with two attached hydrogens (primary N) is 1. The highest BCUT2D eigenvalue weighted by Gasteiger charge is 2.63. The zero-order valence-electron chi connectivity index (χ0n) is 11.0. The van der Waals surface area contributed by atoms with Crippen LogP contribution in [0.2, 0.25) is 0 Å². The third-order valence-electron chi connectivity index (χ3n) is 4.70. The van der Waals surface area contributed by atoms with Crippen LogP contribution in [0.4, 0.5) is 5.69 Å². The Morgan fingerprint density at radius 2 is 2.05 bits per heavy atom. The second-order valence-electron chi connectivity index (χ2n) is 6.06. The van der Waals surface area contributed by atoms with E-state index in [9.17, 15) is 0 Å². The monoisotopic (exact) mass is 369 g/mol. The van der Waals surface area contributed by atoms with Crippen molar-refractivity contribution >= 4 is 35.6 Å². The Labute approximate surface area is 131 Å². The molecule has 3 nitrogen and oxygen atoms in total. The van der Waals surface area contributed by atoms with Gasteiger partial charge in [0.15, 0.2) is 5.96 Å². The van der Waals surface area contributed by atoms with Crippen molar-refractivity contribution in [2.24, 2.45) is 16.1 Å². The van der Waals surface area contributed by atoms with Crippen molar-refractivity contribution in [1.29, 1.82) is 0 Å². The van der Waals surface area contributed by atoms with Gasteiger partial charge in [-0.1, -0.05) is 6.07 Å². The van der Waals surface area contributed by atoms with E-state index in [1.54, 1.807) is 0 Å². The summed E-state index contributed by atoms with van der Waals surface area (Å²) in [5, 5.41) is 3.24. The van der Waals surface area contributed by atoms with Gasteiger partial charge >= 0.3 is 0 Å². The third kappa shape index (κ3) is 2.47. The molecule has 0 amide bonds. The van der Waals surface area contributed by atoms with E-state index in [1.165, 1.54) is 49.7 Å². The molecule has 3 aliphatic rings. The van der Waals surface area contributed by atoms with Crippen molar-refractivity contribution < 1.29 is 0 Å². The summed E-state index contributed by atoms with van der Waals surface area (Å²) in [7, 11) is 0. The highest BCUT2D eigenvalue weighted by Crippen LogP contribution is 2.67. The summed E-state index contributed by atoms with van der Waals surface area (Å²) in [6, 6.07) is 7.06. The van der Waals surface area contributed by atoms with Crippen molar-refractivity contribution in [2.75, 3.05) is 5.32 Å². The smallest absolute Gasteiger partial charge is 0.193 e. The Hall–Kier alpha value is -0.780. The largest absolute Gasteiger partial charge is 0.370 e. The van der Waals surface area contributed by atoms with E-state index in [1.807, 2.05) is 0 Å². The number of aliphatic imine (C=N–C) groups is 1. The van der Waals surface area contributed by atoms with Crippen molar-refractivity contribution in [2.45, 2.75) is 44.6 Å². The van der Waals surface area contributed by atoms with Crippen LogP contribution >= 0.6 is 24.0 Å². The maximum absolute atomic E-state index is 5.98. The molecule has 1 atom stereocenters. The summed E-state index contributed by atoms with van der Waals surface area (Å²) in [6.07, 6.45) is 7.67. The minimum Gasteiger partial charge on any atom is -0.370 e. The SMILES string of the molecule is I.NC(=NC1CC12CC2)Nc1ccc2c(c1)CCC2. The molecule has 1 aromatic rings. The zero-order valence-corrected chi connectivity index (χ0v) is 13.3. The second-order valence-corrected chi connectivity index (χ2v) is 6.06. The molecule has 0 heterocycles. The van der Waals surface area contributed by atoms with E-state index < -0.39 is 0 Å². The van der Waals surface area contributed by atoms with E-state index in [2.05, 4.69) is 28.5 Å². The Balaban J connectivity index is 0.00000110. The first-order valence-electron chi connectivity index (χ1n) is 6.97.